The van der Waals surface area contributed by atoms with E-state index in [1.54, 1.807) is 0 Å². The van der Waals surface area contributed by atoms with Crippen LogP contribution in [0.1, 0.15) is 27.2 Å². The molecule has 0 aliphatic heterocycles. The van der Waals surface area contributed by atoms with Crippen LogP contribution in [-0.4, -0.2) is 24.6 Å². The molecule has 120 valence electrons. The lowest BCUT2D eigenvalue weighted by atomic mass is 9.91. The summed E-state index contributed by atoms with van der Waals surface area (Å²) in [6.45, 7) is 6.58. The van der Waals surface area contributed by atoms with E-state index in [2.05, 4.69) is 35.1 Å². The molecule has 0 saturated heterocycles. The highest BCUT2D eigenvalue weighted by atomic mass is 79.9. The fraction of sp³-hybridized carbons (Fsp3) is 0.533. The van der Waals surface area contributed by atoms with Gasteiger partial charge in [0.15, 0.2) is 6.61 Å². The Hall–Kier alpha value is -0.780. The number of halogens is 2. The van der Waals surface area contributed by atoms with Gasteiger partial charge in [0.25, 0.3) is 5.91 Å². The molecule has 0 aliphatic carbocycles. The van der Waals surface area contributed by atoms with E-state index in [-0.39, 0.29) is 30.5 Å². The minimum atomic E-state index is -0.383. The zero-order valence-corrected chi connectivity index (χ0v) is 15.1. The number of hydrogen-bond acceptors (Lipinski definition) is 3. The molecule has 1 rings (SSSR count). The molecular formula is C15H24BrClN2O2. The Kier molecular flexibility index (Phi) is 8.94. The quantitative estimate of drug-likeness (QED) is 0.765. The molecule has 1 aromatic carbocycles. The summed E-state index contributed by atoms with van der Waals surface area (Å²) >= 11 is 3.36. The first-order valence-electron chi connectivity index (χ1n) is 6.74. The number of nitrogens with one attached hydrogen (secondary N) is 1. The smallest absolute Gasteiger partial charge is 0.258 e. The zero-order chi connectivity index (χ0) is 15.2. The van der Waals surface area contributed by atoms with E-state index in [1.807, 2.05) is 31.2 Å². The van der Waals surface area contributed by atoms with Gasteiger partial charge in [-0.3, -0.25) is 4.79 Å². The van der Waals surface area contributed by atoms with Gasteiger partial charge in [-0.2, -0.15) is 0 Å². The summed E-state index contributed by atoms with van der Waals surface area (Å²) < 4.78 is 6.38. The van der Waals surface area contributed by atoms with Crippen LogP contribution in [0, 0.1) is 5.92 Å². The largest absolute Gasteiger partial charge is 0.484 e. The third-order valence-corrected chi connectivity index (χ3v) is 3.41. The second-order valence-corrected chi connectivity index (χ2v) is 6.57. The van der Waals surface area contributed by atoms with E-state index in [9.17, 15) is 4.79 Å². The van der Waals surface area contributed by atoms with Gasteiger partial charge < -0.3 is 15.8 Å². The number of carbonyl (C=O) groups excluding carboxylic acids is 1. The predicted molar refractivity (Wildman–Crippen MR) is 91.9 cm³/mol. The van der Waals surface area contributed by atoms with Crippen molar-refractivity contribution >= 4 is 34.2 Å². The van der Waals surface area contributed by atoms with Gasteiger partial charge in [0.2, 0.25) is 0 Å². The molecule has 3 N–H and O–H groups in total. The van der Waals surface area contributed by atoms with Crippen molar-refractivity contribution in [3.8, 4) is 5.75 Å². The average Bonchev–Trinajstić information content (AvgIpc) is 2.35. The van der Waals surface area contributed by atoms with Crippen molar-refractivity contribution < 1.29 is 9.53 Å². The van der Waals surface area contributed by atoms with Crippen LogP contribution >= 0.6 is 28.3 Å². The highest BCUT2D eigenvalue weighted by Crippen LogP contribution is 2.18. The lowest BCUT2D eigenvalue weighted by Crippen LogP contribution is -2.53. The molecule has 0 aromatic heterocycles. The Labute approximate surface area is 141 Å². The number of hydrogen-bond donors (Lipinski definition) is 2. The molecule has 1 amide bonds. The van der Waals surface area contributed by atoms with E-state index in [4.69, 9.17) is 10.5 Å². The molecule has 0 fully saturated rings. The summed E-state index contributed by atoms with van der Waals surface area (Å²) in [5.74, 6) is 0.973. The monoisotopic (exact) mass is 378 g/mol. The summed E-state index contributed by atoms with van der Waals surface area (Å²) in [5, 5.41) is 2.96. The fourth-order valence-corrected chi connectivity index (χ4v) is 2.54. The molecule has 4 nitrogen and oxygen atoms in total. The van der Waals surface area contributed by atoms with Crippen LogP contribution in [0.3, 0.4) is 0 Å². The van der Waals surface area contributed by atoms with E-state index in [0.29, 0.717) is 18.2 Å². The van der Waals surface area contributed by atoms with Gasteiger partial charge in [-0.15, -0.1) is 12.4 Å². The van der Waals surface area contributed by atoms with Gasteiger partial charge in [0.1, 0.15) is 5.75 Å². The molecule has 1 atom stereocenters. The number of nitrogens with two attached hydrogens (primary N) is 1. The van der Waals surface area contributed by atoms with Crippen LogP contribution in [0.15, 0.2) is 28.7 Å². The Morgan fingerprint density at radius 3 is 2.67 bits per heavy atom. The standard InChI is InChI=1S/C15H23BrN2O2.ClH/c1-11(2)8-15(3,10-17)18-14(19)9-20-13-6-4-5-12(16)7-13;/h4-7,11H,8-10,17H2,1-3H3,(H,18,19);1H. The van der Waals surface area contributed by atoms with E-state index < -0.39 is 0 Å². The van der Waals surface area contributed by atoms with Gasteiger partial charge >= 0.3 is 0 Å². The van der Waals surface area contributed by atoms with Gasteiger partial charge in [0.05, 0.1) is 0 Å². The predicted octanol–water partition coefficient (Wildman–Crippen LogP) is 3.13. The number of ether oxygens (including phenoxy) is 1. The topological polar surface area (TPSA) is 64.3 Å². The van der Waals surface area contributed by atoms with Crippen LogP contribution < -0.4 is 15.8 Å². The molecule has 0 saturated carbocycles. The summed E-state index contributed by atoms with van der Waals surface area (Å²) in [4.78, 5) is 12.0. The maximum absolute atomic E-state index is 12.0. The summed E-state index contributed by atoms with van der Waals surface area (Å²) in [6, 6.07) is 7.40. The average molecular weight is 380 g/mol. The fourth-order valence-electron chi connectivity index (χ4n) is 2.16. The lowest BCUT2D eigenvalue weighted by Gasteiger charge is -2.31. The number of benzene rings is 1. The van der Waals surface area contributed by atoms with Crippen LogP contribution in [-0.2, 0) is 4.79 Å². The molecule has 0 spiro atoms. The van der Waals surface area contributed by atoms with Crippen molar-refractivity contribution in [2.75, 3.05) is 13.2 Å². The number of amides is 1. The molecule has 1 aromatic rings. The molecular weight excluding hydrogens is 356 g/mol. The number of rotatable bonds is 7. The third kappa shape index (κ3) is 7.69. The van der Waals surface area contributed by atoms with Crippen molar-refractivity contribution in [3.05, 3.63) is 28.7 Å². The zero-order valence-electron chi connectivity index (χ0n) is 12.7. The second kappa shape index (κ2) is 9.28. The molecule has 0 heterocycles. The van der Waals surface area contributed by atoms with E-state index in [1.165, 1.54) is 0 Å². The molecule has 21 heavy (non-hydrogen) atoms. The van der Waals surface area contributed by atoms with Crippen LogP contribution in [0.4, 0.5) is 0 Å². The van der Waals surface area contributed by atoms with Crippen LogP contribution in [0.25, 0.3) is 0 Å². The first-order valence-corrected chi connectivity index (χ1v) is 7.53. The summed E-state index contributed by atoms with van der Waals surface area (Å²) in [5.41, 5.74) is 5.39. The second-order valence-electron chi connectivity index (χ2n) is 5.66. The van der Waals surface area contributed by atoms with Crippen molar-refractivity contribution in [2.24, 2.45) is 11.7 Å². The Balaban J connectivity index is 0.00000400. The third-order valence-electron chi connectivity index (χ3n) is 2.92. The van der Waals surface area contributed by atoms with Crippen molar-refractivity contribution in [1.29, 1.82) is 0 Å². The first kappa shape index (κ1) is 20.2. The molecule has 0 bridgehead atoms. The summed E-state index contributed by atoms with van der Waals surface area (Å²) in [6.07, 6.45) is 0.839. The van der Waals surface area contributed by atoms with Gasteiger partial charge in [0, 0.05) is 16.6 Å². The Morgan fingerprint density at radius 2 is 2.14 bits per heavy atom. The van der Waals surface area contributed by atoms with Crippen molar-refractivity contribution in [1.82, 2.24) is 5.32 Å². The molecule has 0 radical (unpaired) electrons. The Bertz CT molecular complexity index is 457. The molecule has 0 aliphatic rings. The van der Waals surface area contributed by atoms with Crippen molar-refractivity contribution in [3.63, 3.8) is 0 Å². The van der Waals surface area contributed by atoms with Gasteiger partial charge in [-0.1, -0.05) is 35.8 Å². The highest BCUT2D eigenvalue weighted by molar-refractivity contribution is 9.10. The van der Waals surface area contributed by atoms with Crippen LogP contribution in [0.2, 0.25) is 0 Å². The molecule has 6 heteroatoms. The first-order chi connectivity index (χ1) is 9.34. The molecule has 1 unspecified atom stereocenters. The lowest BCUT2D eigenvalue weighted by molar-refractivity contribution is -0.125. The minimum Gasteiger partial charge on any atom is -0.484 e. The minimum absolute atomic E-state index is 0. The maximum Gasteiger partial charge on any atom is 0.258 e. The van der Waals surface area contributed by atoms with Crippen molar-refractivity contribution in [2.45, 2.75) is 32.7 Å². The van der Waals surface area contributed by atoms with E-state index in [0.717, 1.165) is 10.9 Å². The van der Waals surface area contributed by atoms with Crippen LogP contribution in [0.5, 0.6) is 5.75 Å². The van der Waals surface area contributed by atoms with Gasteiger partial charge in [-0.05, 0) is 37.5 Å². The van der Waals surface area contributed by atoms with E-state index >= 15 is 0 Å². The Morgan fingerprint density at radius 1 is 1.48 bits per heavy atom. The highest BCUT2D eigenvalue weighted by Gasteiger charge is 2.25. The maximum atomic E-state index is 12.0. The van der Waals surface area contributed by atoms with Gasteiger partial charge in [-0.25, -0.2) is 0 Å². The normalized spacial score (nSPS) is 13.2. The summed E-state index contributed by atoms with van der Waals surface area (Å²) in [7, 11) is 0. The SMILES string of the molecule is CC(C)CC(C)(CN)NC(=O)COc1cccc(Br)c1.Cl. The number of carbonyl (C=O) groups is 1.